The van der Waals surface area contributed by atoms with E-state index in [-0.39, 0.29) is 48.7 Å². The van der Waals surface area contributed by atoms with E-state index in [0.29, 0.717) is 5.41 Å². The Morgan fingerprint density at radius 2 is 0.925 bits per heavy atom. The first-order valence-corrected chi connectivity index (χ1v) is 16.3. The Labute approximate surface area is 256 Å². The molecule has 2 unspecified atom stereocenters. The van der Waals surface area contributed by atoms with E-state index in [9.17, 15) is 0 Å². The summed E-state index contributed by atoms with van der Waals surface area (Å²) in [5, 5.41) is 0. The summed E-state index contributed by atoms with van der Waals surface area (Å²) in [6, 6.07) is 0. The Bertz CT molecular complexity index is 950. The monoisotopic (exact) mass is 559 g/mol. The second-order valence-electron chi connectivity index (χ2n) is 19.8. The molecule has 0 aromatic heterocycles. The van der Waals surface area contributed by atoms with E-state index >= 15 is 0 Å². The van der Waals surface area contributed by atoms with Crippen molar-refractivity contribution in [3.05, 3.63) is 22.8 Å². The Kier molecular flexibility index (Phi) is 10.7. The lowest BCUT2D eigenvalue weighted by atomic mass is 9.44. The summed E-state index contributed by atoms with van der Waals surface area (Å²) >= 11 is 0. The molecule has 0 aliphatic heterocycles. The highest BCUT2D eigenvalue weighted by Gasteiger charge is 2.77. The molecule has 0 heterocycles. The van der Waals surface area contributed by atoms with Crippen LogP contribution in [-0.2, 0) is 0 Å². The van der Waals surface area contributed by atoms with Gasteiger partial charge in [-0.15, -0.1) is 0 Å². The van der Waals surface area contributed by atoms with Gasteiger partial charge in [-0.1, -0.05) is 161 Å². The van der Waals surface area contributed by atoms with Crippen LogP contribution in [0.1, 0.15) is 180 Å². The van der Waals surface area contributed by atoms with Gasteiger partial charge in [-0.25, -0.2) is 0 Å². The van der Waals surface area contributed by atoms with Gasteiger partial charge >= 0.3 is 0 Å². The third kappa shape index (κ3) is 5.47. The van der Waals surface area contributed by atoms with Crippen LogP contribution in [0.3, 0.4) is 0 Å². The quantitative estimate of drug-likeness (QED) is 0.294. The van der Waals surface area contributed by atoms with Crippen LogP contribution in [0.5, 0.6) is 0 Å². The summed E-state index contributed by atoms with van der Waals surface area (Å²) < 4.78 is 0. The zero-order valence-corrected chi connectivity index (χ0v) is 32.8. The molecule has 1 saturated carbocycles. The highest BCUT2D eigenvalue weighted by molar-refractivity contribution is 5.26. The first-order chi connectivity index (χ1) is 17.0. The highest BCUT2D eigenvalue weighted by atomic mass is 14.8. The smallest absolute Gasteiger partial charge is 0.00857 e. The van der Waals surface area contributed by atoms with E-state index in [1.807, 2.05) is 0 Å². The first-order valence-electron chi connectivity index (χ1n) is 16.3. The predicted molar refractivity (Wildman–Crippen MR) is 186 cm³/mol. The van der Waals surface area contributed by atoms with Crippen LogP contribution in [0.25, 0.3) is 0 Å². The number of hydrogen-bond donors (Lipinski definition) is 0. The van der Waals surface area contributed by atoms with E-state index in [4.69, 9.17) is 0 Å². The molecule has 1 rings (SSSR count). The molecule has 0 aromatic rings. The molecule has 1 aliphatic carbocycles. The van der Waals surface area contributed by atoms with Crippen LogP contribution < -0.4 is 0 Å². The molecule has 40 heavy (non-hydrogen) atoms. The lowest BCUT2D eigenvalue weighted by Gasteiger charge is -2.60. The first kappa shape index (κ1) is 39.5. The minimum absolute atomic E-state index is 0.180. The Morgan fingerprint density at radius 1 is 0.550 bits per heavy atom. The molecular weight excluding hydrogens is 480 g/mol. The zero-order chi connectivity index (χ0) is 33.1. The van der Waals surface area contributed by atoms with Gasteiger partial charge in [-0.3, -0.25) is 0 Å². The van der Waals surface area contributed by atoms with Crippen molar-refractivity contribution >= 4 is 0 Å². The van der Waals surface area contributed by atoms with Crippen molar-refractivity contribution in [2.24, 2.45) is 54.1 Å². The molecule has 0 aromatic carbocycles. The molecule has 0 heteroatoms. The second-order valence-corrected chi connectivity index (χ2v) is 19.8. The van der Waals surface area contributed by atoms with Gasteiger partial charge in [0, 0.05) is 0 Å². The minimum atomic E-state index is 0.180. The summed E-state index contributed by atoms with van der Waals surface area (Å²) in [4.78, 5) is 0. The normalized spacial score (nSPS) is 27.2. The third-order valence-electron chi connectivity index (χ3n) is 15.5. The average Bonchev–Trinajstić information content (AvgIpc) is 2.79. The van der Waals surface area contributed by atoms with Crippen LogP contribution in [0, 0.1) is 54.1 Å². The maximum Gasteiger partial charge on any atom is -0.00857 e. The Balaban J connectivity index is 0.000000778. The highest BCUT2D eigenvalue weighted by Crippen LogP contribution is 2.83. The molecule has 0 N–H and O–H groups in total. The van der Waals surface area contributed by atoms with Crippen LogP contribution >= 0.6 is 0 Å². The zero-order valence-electron chi connectivity index (χ0n) is 32.8. The number of rotatable bonds is 5. The molecule has 1 fully saturated rings. The molecule has 0 spiro atoms. The fraction of sp³-hybridized carbons (Fsp3) is 0.900. The molecule has 1 aliphatic rings. The van der Waals surface area contributed by atoms with Crippen LogP contribution in [0.4, 0.5) is 0 Å². The molecule has 0 saturated heterocycles. The molecule has 0 amide bonds. The van der Waals surface area contributed by atoms with Gasteiger partial charge in [0.1, 0.15) is 0 Å². The van der Waals surface area contributed by atoms with Crippen molar-refractivity contribution in [2.75, 3.05) is 0 Å². The largest absolute Gasteiger partial charge is 0.0882 e. The number of allylic oxidation sites excluding steroid dienone is 4. The maximum atomic E-state index is 2.60. The number of hydrogen-bond acceptors (Lipinski definition) is 0. The van der Waals surface area contributed by atoms with Crippen molar-refractivity contribution in [3.63, 3.8) is 0 Å². The van der Waals surface area contributed by atoms with E-state index in [1.54, 1.807) is 0 Å². The van der Waals surface area contributed by atoms with Crippen molar-refractivity contribution in [2.45, 2.75) is 180 Å². The van der Waals surface area contributed by atoms with E-state index < -0.39 is 0 Å². The summed E-state index contributed by atoms with van der Waals surface area (Å²) in [5.74, 6) is 0. The summed E-state index contributed by atoms with van der Waals surface area (Å²) in [6.07, 6.45) is 3.53. The lowest BCUT2D eigenvalue weighted by Crippen LogP contribution is -2.54. The Hall–Kier alpha value is -0.520. The topological polar surface area (TPSA) is 0 Å². The van der Waals surface area contributed by atoms with E-state index in [1.165, 1.54) is 23.1 Å². The average molecular weight is 559 g/mol. The second kappa shape index (κ2) is 10.9. The molecule has 238 valence electrons. The standard InChI is InChI=1S/C22H44.C18H34/c1-16(2,3)15-21(13)19(9,10)18(7,8)20(11,12)22(21,14)17(4,5)6;1-12-14(4)16(6,7)18(10,11)17(8,9)15(5)13(2)3/h15H2,1-14H3;12H,1-11H3. The van der Waals surface area contributed by atoms with Gasteiger partial charge in [0.15, 0.2) is 0 Å². The molecule has 0 nitrogen and oxygen atoms in total. The fourth-order valence-corrected chi connectivity index (χ4v) is 9.36. The van der Waals surface area contributed by atoms with Gasteiger partial charge in [0.05, 0.1) is 0 Å². The van der Waals surface area contributed by atoms with Crippen molar-refractivity contribution < 1.29 is 0 Å². The molecule has 0 bridgehead atoms. The van der Waals surface area contributed by atoms with Gasteiger partial charge in [-0.2, -0.15) is 0 Å². The van der Waals surface area contributed by atoms with Gasteiger partial charge in [0.2, 0.25) is 0 Å². The lowest BCUT2D eigenvalue weighted by molar-refractivity contribution is -0.123. The predicted octanol–water partition coefficient (Wildman–Crippen LogP) is 14.0. The van der Waals surface area contributed by atoms with E-state index in [2.05, 4.69) is 179 Å². The molecular formula is C40H78. The summed E-state index contributed by atoms with van der Waals surface area (Å²) in [7, 11) is 0. The fourth-order valence-electron chi connectivity index (χ4n) is 9.36. The summed E-state index contributed by atoms with van der Waals surface area (Å²) in [6.45, 7) is 60.5. The SMILES string of the molecule is CC(C)(C)CC1(C)C(C)(C)C(C)(C)C(C)(C)C1(C)C(C)(C)C.CC=C(C)C(C)(C)C(C)(C)C(C)(C)C(C)=C(C)C. The molecule has 2 atom stereocenters. The van der Waals surface area contributed by atoms with Gasteiger partial charge in [0.25, 0.3) is 0 Å². The minimum Gasteiger partial charge on any atom is -0.0882 e. The van der Waals surface area contributed by atoms with Gasteiger partial charge < -0.3 is 0 Å². The van der Waals surface area contributed by atoms with Crippen LogP contribution in [-0.4, -0.2) is 0 Å². The summed E-state index contributed by atoms with van der Waals surface area (Å²) in [5.41, 5.74) is 6.96. The van der Waals surface area contributed by atoms with Crippen LogP contribution in [0.2, 0.25) is 0 Å². The third-order valence-corrected chi connectivity index (χ3v) is 15.5. The van der Waals surface area contributed by atoms with Crippen molar-refractivity contribution in [1.82, 2.24) is 0 Å². The molecule has 0 radical (unpaired) electrons. The van der Waals surface area contributed by atoms with Crippen LogP contribution in [0.15, 0.2) is 22.8 Å². The van der Waals surface area contributed by atoms with Gasteiger partial charge in [-0.05, 0) is 95.2 Å². The van der Waals surface area contributed by atoms with E-state index in [0.717, 1.165) is 0 Å². The maximum absolute atomic E-state index is 2.60. The van der Waals surface area contributed by atoms with Crippen molar-refractivity contribution in [3.8, 4) is 0 Å². The Morgan fingerprint density at radius 3 is 1.20 bits per heavy atom. The van der Waals surface area contributed by atoms with Crippen molar-refractivity contribution in [1.29, 1.82) is 0 Å².